The summed E-state index contributed by atoms with van der Waals surface area (Å²) in [6.07, 6.45) is 0. The van der Waals surface area contributed by atoms with Crippen LogP contribution in [0.2, 0.25) is 0 Å². The van der Waals surface area contributed by atoms with Gasteiger partial charge in [0, 0.05) is 5.56 Å². The van der Waals surface area contributed by atoms with Gasteiger partial charge in [0.2, 0.25) is 0 Å². The number of halogens is 1. The molecule has 0 bridgehead atoms. The summed E-state index contributed by atoms with van der Waals surface area (Å²) < 4.78 is 14.0. The molecule has 3 heteroatoms. The van der Waals surface area contributed by atoms with Crippen LogP contribution >= 0.6 is 11.3 Å². The Labute approximate surface area is 103 Å². The monoisotopic (exact) mass is 242 g/mol. The van der Waals surface area contributed by atoms with Crippen LogP contribution in [0.3, 0.4) is 0 Å². The average molecular weight is 242 g/mol. The second-order valence-electron chi connectivity index (χ2n) is 3.79. The molecule has 2 aromatic carbocycles. The summed E-state index contributed by atoms with van der Waals surface area (Å²) in [7, 11) is 0. The van der Waals surface area contributed by atoms with Gasteiger partial charge < -0.3 is 0 Å². The van der Waals surface area contributed by atoms with Crippen LogP contribution in [-0.4, -0.2) is 4.98 Å². The average Bonchev–Trinajstić information content (AvgIpc) is 2.75. The highest BCUT2D eigenvalue weighted by Gasteiger charge is 2.07. The first-order valence-corrected chi connectivity index (χ1v) is 6.03. The Bertz CT molecular complexity index is 670. The van der Waals surface area contributed by atoms with Crippen molar-refractivity contribution in [2.75, 3.05) is 0 Å². The zero-order valence-corrected chi connectivity index (χ0v) is 9.80. The molecule has 0 fully saturated rings. The zero-order chi connectivity index (χ0) is 11.8. The Hall–Kier alpha value is -1.74. The molecule has 3 rings (SSSR count). The second-order valence-corrected chi connectivity index (χ2v) is 4.82. The summed E-state index contributed by atoms with van der Waals surface area (Å²) in [5.41, 5.74) is 2.79. The van der Waals surface area contributed by atoms with Gasteiger partial charge in [-0.25, -0.2) is 9.37 Å². The van der Waals surface area contributed by atoms with Gasteiger partial charge in [-0.05, 0) is 42.8 Å². The molecule has 83 valence electrons. The Morgan fingerprint density at radius 1 is 1.06 bits per heavy atom. The third-order valence-electron chi connectivity index (χ3n) is 2.59. The first kappa shape index (κ1) is 10.4. The minimum absolute atomic E-state index is 0.229. The van der Waals surface area contributed by atoms with Gasteiger partial charge in [-0.1, -0.05) is 12.1 Å². The fraction of sp³-hybridized carbons (Fsp3) is 0. The van der Waals surface area contributed by atoms with Crippen molar-refractivity contribution in [2.45, 2.75) is 0 Å². The summed E-state index contributed by atoms with van der Waals surface area (Å²) in [5.74, 6) is -0.229. The number of thiazole rings is 1. The van der Waals surface area contributed by atoms with E-state index in [4.69, 9.17) is 0 Å². The van der Waals surface area contributed by atoms with Gasteiger partial charge in [0.15, 0.2) is 0 Å². The van der Waals surface area contributed by atoms with Crippen molar-refractivity contribution in [3.63, 3.8) is 0 Å². The molecule has 0 aliphatic heterocycles. The van der Waals surface area contributed by atoms with Crippen LogP contribution in [-0.2, 0) is 0 Å². The van der Waals surface area contributed by atoms with E-state index >= 15 is 0 Å². The van der Waals surface area contributed by atoms with E-state index in [0.29, 0.717) is 0 Å². The van der Waals surface area contributed by atoms with Crippen molar-refractivity contribution in [3.05, 3.63) is 60.8 Å². The number of hydrogen-bond acceptors (Lipinski definition) is 2. The molecule has 0 aliphatic carbocycles. The molecule has 0 amide bonds. The number of benzene rings is 2. The lowest BCUT2D eigenvalue weighted by atomic mass is 10.2. The van der Waals surface area contributed by atoms with Gasteiger partial charge in [-0.15, -0.1) is 11.3 Å². The van der Waals surface area contributed by atoms with Crippen LogP contribution in [0.5, 0.6) is 0 Å². The predicted molar refractivity (Wildman–Crippen MR) is 69.5 cm³/mol. The smallest absolute Gasteiger partial charge is 0.124 e. The molecule has 1 nitrogen and oxygen atoms in total. The van der Waals surface area contributed by atoms with Crippen LogP contribution in [0.25, 0.3) is 20.8 Å². The van der Waals surface area contributed by atoms with Crippen molar-refractivity contribution < 1.29 is 4.39 Å². The first-order chi connectivity index (χ1) is 8.24. The Morgan fingerprint density at radius 3 is 2.53 bits per heavy atom. The minimum atomic E-state index is -0.229. The Kier molecular flexibility index (Phi) is 2.41. The van der Waals surface area contributed by atoms with Crippen LogP contribution in [0.1, 0.15) is 5.56 Å². The SMILES string of the molecule is [CH2]c1cccc2sc(-c3ccc(F)cc3)nc12. The van der Waals surface area contributed by atoms with Crippen molar-refractivity contribution in [1.82, 2.24) is 4.98 Å². The van der Waals surface area contributed by atoms with Crippen molar-refractivity contribution in [3.8, 4) is 10.6 Å². The molecular formula is C14H9FNS. The van der Waals surface area contributed by atoms with E-state index in [1.165, 1.54) is 12.1 Å². The summed E-state index contributed by atoms with van der Waals surface area (Å²) in [5, 5.41) is 0.899. The molecule has 0 spiro atoms. The van der Waals surface area contributed by atoms with E-state index in [2.05, 4.69) is 11.9 Å². The molecule has 0 saturated carbocycles. The molecular weight excluding hydrogens is 233 g/mol. The molecule has 0 saturated heterocycles. The highest BCUT2D eigenvalue weighted by molar-refractivity contribution is 7.21. The summed E-state index contributed by atoms with van der Waals surface area (Å²) in [6.45, 7) is 3.95. The van der Waals surface area contributed by atoms with E-state index in [1.54, 1.807) is 23.5 Å². The third-order valence-corrected chi connectivity index (χ3v) is 3.66. The fourth-order valence-corrected chi connectivity index (χ4v) is 2.74. The highest BCUT2D eigenvalue weighted by atomic mass is 32.1. The molecule has 3 aromatic rings. The molecule has 0 N–H and O–H groups in total. The lowest BCUT2D eigenvalue weighted by Crippen LogP contribution is -1.78. The standard InChI is InChI=1S/C14H9FNS/c1-9-3-2-4-12-13(9)16-14(17-12)10-5-7-11(15)8-6-10/h2-8H,1H2. The molecule has 1 heterocycles. The van der Waals surface area contributed by atoms with Crippen molar-refractivity contribution in [2.24, 2.45) is 0 Å². The molecule has 0 unspecified atom stereocenters. The van der Waals surface area contributed by atoms with Gasteiger partial charge in [-0.3, -0.25) is 0 Å². The normalized spacial score (nSPS) is 10.9. The zero-order valence-electron chi connectivity index (χ0n) is 8.98. The number of aromatic nitrogens is 1. The van der Waals surface area contributed by atoms with E-state index < -0.39 is 0 Å². The maximum absolute atomic E-state index is 12.8. The van der Waals surface area contributed by atoms with E-state index in [0.717, 1.165) is 26.4 Å². The van der Waals surface area contributed by atoms with Crippen molar-refractivity contribution in [1.29, 1.82) is 0 Å². The topological polar surface area (TPSA) is 12.9 Å². The largest absolute Gasteiger partial charge is 0.236 e. The lowest BCUT2D eigenvalue weighted by Gasteiger charge is -1.94. The second kappa shape index (κ2) is 3.93. The Morgan fingerprint density at radius 2 is 1.82 bits per heavy atom. The molecule has 1 aromatic heterocycles. The molecule has 0 aliphatic rings. The van der Waals surface area contributed by atoms with Crippen LogP contribution in [0.4, 0.5) is 4.39 Å². The molecule has 17 heavy (non-hydrogen) atoms. The number of para-hydroxylation sites is 1. The lowest BCUT2D eigenvalue weighted by molar-refractivity contribution is 0.628. The predicted octanol–water partition coefficient (Wildman–Crippen LogP) is 4.28. The van der Waals surface area contributed by atoms with Crippen molar-refractivity contribution >= 4 is 21.6 Å². The quantitative estimate of drug-likeness (QED) is 0.620. The minimum Gasteiger partial charge on any atom is -0.236 e. The number of fused-ring (bicyclic) bond motifs is 1. The van der Waals surface area contributed by atoms with E-state index in [1.807, 2.05) is 18.2 Å². The van der Waals surface area contributed by atoms with Gasteiger partial charge in [-0.2, -0.15) is 0 Å². The first-order valence-electron chi connectivity index (χ1n) is 5.21. The maximum atomic E-state index is 12.8. The van der Waals surface area contributed by atoms with Gasteiger partial charge >= 0.3 is 0 Å². The molecule has 1 radical (unpaired) electrons. The number of rotatable bonds is 1. The van der Waals surface area contributed by atoms with Crippen LogP contribution in [0.15, 0.2) is 42.5 Å². The summed E-state index contributed by atoms with van der Waals surface area (Å²) in [4.78, 5) is 4.55. The third kappa shape index (κ3) is 1.83. The van der Waals surface area contributed by atoms with Crippen LogP contribution in [0, 0.1) is 12.7 Å². The summed E-state index contributed by atoms with van der Waals surface area (Å²) >= 11 is 1.60. The van der Waals surface area contributed by atoms with E-state index in [9.17, 15) is 4.39 Å². The molecule has 0 atom stereocenters. The fourth-order valence-electron chi connectivity index (χ4n) is 1.72. The van der Waals surface area contributed by atoms with Gasteiger partial charge in [0.05, 0.1) is 10.2 Å². The van der Waals surface area contributed by atoms with Gasteiger partial charge in [0.1, 0.15) is 10.8 Å². The maximum Gasteiger partial charge on any atom is 0.124 e. The van der Waals surface area contributed by atoms with E-state index in [-0.39, 0.29) is 5.82 Å². The van der Waals surface area contributed by atoms with Gasteiger partial charge in [0.25, 0.3) is 0 Å². The highest BCUT2D eigenvalue weighted by Crippen LogP contribution is 2.31. The Balaban J connectivity index is 2.18. The summed E-state index contributed by atoms with van der Waals surface area (Å²) in [6, 6.07) is 12.3. The number of nitrogens with zero attached hydrogens (tertiary/aromatic N) is 1. The number of hydrogen-bond donors (Lipinski definition) is 0. The van der Waals surface area contributed by atoms with Crippen LogP contribution < -0.4 is 0 Å².